The molecule has 0 saturated heterocycles. The molecule has 0 saturated carbocycles. The number of hydrogen-bond acceptors (Lipinski definition) is 3. The molecule has 2 aromatic heterocycles. The second-order valence-corrected chi connectivity index (χ2v) is 4.89. The van der Waals surface area contributed by atoms with Crippen LogP contribution in [0, 0.1) is 12.7 Å². The van der Waals surface area contributed by atoms with Gasteiger partial charge in [-0.05, 0) is 42.8 Å². The number of halogens is 1. The number of H-pyrrole nitrogens is 1. The maximum Gasteiger partial charge on any atom is 0.262 e. The number of benzene rings is 1. The van der Waals surface area contributed by atoms with Gasteiger partial charge in [-0.3, -0.25) is 9.59 Å². The number of nitrogens with one attached hydrogen (secondary N) is 2. The Hall–Kier alpha value is -3.02. The first-order valence-electron chi connectivity index (χ1n) is 6.59. The fourth-order valence-electron chi connectivity index (χ4n) is 2.15. The molecule has 3 rings (SSSR count). The number of amides is 1. The number of aromatic amines is 1. The standard InChI is InChI=1S/C16H12FN3O2/c1-9-4-5-18-14(6-9)20-16(22)12-8-19-13-3-2-10(17)7-11(13)15(12)21/h2-8H,1H3,(H,19,21)(H,18,20,22). The molecule has 110 valence electrons. The number of carbonyl (C=O) groups excluding carboxylic acids is 1. The van der Waals surface area contributed by atoms with Crippen LogP contribution in [-0.2, 0) is 0 Å². The van der Waals surface area contributed by atoms with Gasteiger partial charge in [-0.25, -0.2) is 9.37 Å². The molecule has 0 bridgehead atoms. The fourth-order valence-corrected chi connectivity index (χ4v) is 2.15. The zero-order valence-corrected chi connectivity index (χ0v) is 11.7. The molecule has 2 heterocycles. The van der Waals surface area contributed by atoms with E-state index in [4.69, 9.17) is 0 Å². The van der Waals surface area contributed by atoms with Gasteiger partial charge in [-0.1, -0.05) is 0 Å². The summed E-state index contributed by atoms with van der Waals surface area (Å²) >= 11 is 0. The number of carbonyl (C=O) groups is 1. The zero-order chi connectivity index (χ0) is 15.7. The first-order valence-corrected chi connectivity index (χ1v) is 6.59. The number of nitrogens with zero attached hydrogens (tertiary/aromatic N) is 1. The Morgan fingerprint density at radius 2 is 2.09 bits per heavy atom. The second kappa shape index (κ2) is 5.40. The van der Waals surface area contributed by atoms with E-state index in [2.05, 4.69) is 15.3 Å². The van der Waals surface area contributed by atoms with Crippen molar-refractivity contribution in [3.05, 3.63) is 69.9 Å². The molecule has 2 N–H and O–H groups in total. The molecule has 6 heteroatoms. The Balaban J connectivity index is 2.01. The number of aryl methyl sites for hydroxylation is 1. The van der Waals surface area contributed by atoms with Gasteiger partial charge in [0.2, 0.25) is 5.43 Å². The lowest BCUT2D eigenvalue weighted by atomic mass is 10.1. The van der Waals surface area contributed by atoms with Crippen LogP contribution in [0.5, 0.6) is 0 Å². The molecule has 0 aliphatic carbocycles. The summed E-state index contributed by atoms with van der Waals surface area (Å²) in [4.78, 5) is 31.3. The van der Waals surface area contributed by atoms with Crippen LogP contribution in [0.2, 0.25) is 0 Å². The molecule has 3 aromatic rings. The summed E-state index contributed by atoms with van der Waals surface area (Å²) in [6, 6.07) is 7.29. The predicted molar refractivity (Wildman–Crippen MR) is 81.5 cm³/mol. The molecular weight excluding hydrogens is 285 g/mol. The van der Waals surface area contributed by atoms with Gasteiger partial charge in [0.1, 0.15) is 17.2 Å². The Morgan fingerprint density at radius 1 is 1.27 bits per heavy atom. The van der Waals surface area contributed by atoms with Crippen LogP contribution in [0.25, 0.3) is 10.9 Å². The molecule has 5 nitrogen and oxygen atoms in total. The molecule has 0 unspecified atom stereocenters. The lowest BCUT2D eigenvalue weighted by molar-refractivity contribution is 0.102. The third kappa shape index (κ3) is 2.58. The minimum Gasteiger partial charge on any atom is -0.360 e. The molecule has 0 radical (unpaired) electrons. The van der Waals surface area contributed by atoms with Crippen molar-refractivity contribution >= 4 is 22.6 Å². The monoisotopic (exact) mass is 297 g/mol. The molecule has 1 amide bonds. The van der Waals surface area contributed by atoms with E-state index < -0.39 is 17.2 Å². The topological polar surface area (TPSA) is 74.8 Å². The zero-order valence-electron chi connectivity index (χ0n) is 11.7. The van der Waals surface area contributed by atoms with Gasteiger partial charge < -0.3 is 10.3 Å². The molecule has 0 spiro atoms. The van der Waals surface area contributed by atoms with Gasteiger partial charge >= 0.3 is 0 Å². The Labute approximate surface area is 124 Å². The molecule has 0 atom stereocenters. The van der Waals surface area contributed by atoms with E-state index in [1.165, 1.54) is 18.3 Å². The number of hydrogen-bond donors (Lipinski definition) is 2. The number of aromatic nitrogens is 2. The molecule has 22 heavy (non-hydrogen) atoms. The summed E-state index contributed by atoms with van der Waals surface area (Å²) in [7, 11) is 0. The Morgan fingerprint density at radius 3 is 2.86 bits per heavy atom. The highest BCUT2D eigenvalue weighted by Gasteiger charge is 2.14. The lowest BCUT2D eigenvalue weighted by Gasteiger charge is -2.06. The molecule has 0 fully saturated rings. The van der Waals surface area contributed by atoms with Crippen LogP contribution < -0.4 is 10.7 Å². The first kappa shape index (κ1) is 13.9. The molecule has 1 aromatic carbocycles. The summed E-state index contributed by atoms with van der Waals surface area (Å²) in [6.07, 6.45) is 2.87. The minimum absolute atomic E-state index is 0.0959. The van der Waals surface area contributed by atoms with Crippen molar-refractivity contribution < 1.29 is 9.18 Å². The van der Waals surface area contributed by atoms with Crippen LogP contribution in [0.4, 0.5) is 10.2 Å². The van der Waals surface area contributed by atoms with Crippen LogP contribution in [0.1, 0.15) is 15.9 Å². The smallest absolute Gasteiger partial charge is 0.262 e. The van der Waals surface area contributed by atoms with Crippen LogP contribution in [0.3, 0.4) is 0 Å². The van der Waals surface area contributed by atoms with Crippen molar-refractivity contribution in [2.75, 3.05) is 5.32 Å². The summed E-state index contributed by atoms with van der Waals surface area (Å²) in [5.41, 5.74) is 0.774. The van der Waals surface area contributed by atoms with E-state index in [1.54, 1.807) is 18.3 Å². The third-order valence-electron chi connectivity index (χ3n) is 3.24. The van der Waals surface area contributed by atoms with E-state index in [9.17, 15) is 14.0 Å². The fraction of sp³-hybridized carbons (Fsp3) is 0.0625. The van der Waals surface area contributed by atoms with Crippen molar-refractivity contribution in [3.8, 4) is 0 Å². The van der Waals surface area contributed by atoms with E-state index in [0.717, 1.165) is 11.6 Å². The highest BCUT2D eigenvalue weighted by Crippen LogP contribution is 2.11. The van der Waals surface area contributed by atoms with Crippen molar-refractivity contribution in [1.82, 2.24) is 9.97 Å². The van der Waals surface area contributed by atoms with Gasteiger partial charge in [0.05, 0.1) is 0 Å². The summed E-state index contributed by atoms with van der Waals surface area (Å²) < 4.78 is 13.3. The maximum atomic E-state index is 13.3. The quantitative estimate of drug-likeness (QED) is 0.763. The average Bonchev–Trinajstić information content (AvgIpc) is 2.48. The van der Waals surface area contributed by atoms with E-state index in [0.29, 0.717) is 11.3 Å². The molecular formula is C16H12FN3O2. The highest BCUT2D eigenvalue weighted by atomic mass is 19.1. The highest BCUT2D eigenvalue weighted by molar-refractivity contribution is 6.05. The van der Waals surface area contributed by atoms with E-state index in [1.807, 2.05) is 6.92 Å². The van der Waals surface area contributed by atoms with Gasteiger partial charge in [0.15, 0.2) is 0 Å². The predicted octanol–water partition coefficient (Wildman–Crippen LogP) is 2.62. The van der Waals surface area contributed by atoms with Crippen LogP contribution >= 0.6 is 0 Å². The second-order valence-electron chi connectivity index (χ2n) is 4.89. The third-order valence-corrected chi connectivity index (χ3v) is 3.24. The van der Waals surface area contributed by atoms with Gasteiger partial charge in [-0.15, -0.1) is 0 Å². The van der Waals surface area contributed by atoms with Crippen molar-refractivity contribution in [2.45, 2.75) is 6.92 Å². The Bertz CT molecular complexity index is 934. The SMILES string of the molecule is Cc1ccnc(NC(=O)c2c[nH]c3ccc(F)cc3c2=O)c1. The summed E-state index contributed by atoms with van der Waals surface area (Å²) in [5.74, 6) is -0.773. The number of rotatable bonds is 2. The summed E-state index contributed by atoms with van der Waals surface area (Å²) in [5, 5.41) is 2.68. The Kier molecular flexibility index (Phi) is 3.42. The van der Waals surface area contributed by atoms with Crippen LogP contribution in [-0.4, -0.2) is 15.9 Å². The average molecular weight is 297 g/mol. The van der Waals surface area contributed by atoms with E-state index >= 15 is 0 Å². The number of pyridine rings is 2. The first-order chi connectivity index (χ1) is 10.5. The maximum absolute atomic E-state index is 13.3. The van der Waals surface area contributed by atoms with Crippen molar-refractivity contribution in [2.24, 2.45) is 0 Å². The summed E-state index contributed by atoms with van der Waals surface area (Å²) in [6.45, 7) is 1.86. The van der Waals surface area contributed by atoms with Gasteiger partial charge in [0.25, 0.3) is 5.91 Å². The number of fused-ring (bicyclic) bond motifs is 1. The van der Waals surface area contributed by atoms with Gasteiger partial charge in [-0.2, -0.15) is 0 Å². The van der Waals surface area contributed by atoms with Gasteiger partial charge in [0, 0.05) is 23.3 Å². The van der Waals surface area contributed by atoms with Crippen LogP contribution in [0.15, 0.2) is 47.5 Å². The molecule has 0 aliphatic rings. The normalized spacial score (nSPS) is 10.6. The largest absolute Gasteiger partial charge is 0.360 e. The lowest BCUT2D eigenvalue weighted by Crippen LogP contribution is -2.22. The number of anilines is 1. The van der Waals surface area contributed by atoms with E-state index in [-0.39, 0.29) is 10.9 Å². The minimum atomic E-state index is -0.592. The van der Waals surface area contributed by atoms with Crippen molar-refractivity contribution in [3.63, 3.8) is 0 Å². The van der Waals surface area contributed by atoms with Crippen molar-refractivity contribution in [1.29, 1.82) is 0 Å². The molecule has 0 aliphatic heterocycles.